The van der Waals surface area contributed by atoms with Gasteiger partial charge in [0.15, 0.2) is 5.96 Å². The van der Waals surface area contributed by atoms with Gasteiger partial charge in [0.1, 0.15) is 0 Å². The highest BCUT2D eigenvalue weighted by molar-refractivity contribution is 5.80. The molecule has 2 saturated heterocycles. The Morgan fingerprint density at radius 3 is 2.40 bits per heavy atom. The standard InChI is InChI=1S/C21H32N6O3/c1-22-21(23-16-18-7-6-8-19(15-18)27(29)30)26-13-11-24(12-14-26)17-20(28)25-9-4-2-3-5-10-25/h6-8,15H,2-5,9-14,16-17H2,1H3,(H,22,23). The first-order valence-corrected chi connectivity index (χ1v) is 10.8. The van der Waals surface area contributed by atoms with Gasteiger partial charge < -0.3 is 15.1 Å². The van der Waals surface area contributed by atoms with Gasteiger partial charge in [-0.2, -0.15) is 0 Å². The zero-order valence-electron chi connectivity index (χ0n) is 17.8. The Balaban J connectivity index is 1.45. The third kappa shape index (κ3) is 6.16. The Bertz CT molecular complexity index is 753. The van der Waals surface area contributed by atoms with E-state index >= 15 is 0 Å². The molecule has 2 aliphatic heterocycles. The molecule has 0 bridgehead atoms. The monoisotopic (exact) mass is 416 g/mol. The number of piperazine rings is 1. The lowest BCUT2D eigenvalue weighted by molar-refractivity contribution is -0.384. The number of hydrogen-bond acceptors (Lipinski definition) is 5. The first-order chi connectivity index (χ1) is 14.6. The molecule has 3 rings (SSSR count). The van der Waals surface area contributed by atoms with E-state index in [0.29, 0.717) is 13.1 Å². The number of nitro benzene ring substituents is 1. The number of nitrogens with one attached hydrogen (secondary N) is 1. The van der Waals surface area contributed by atoms with E-state index in [0.717, 1.165) is 63.6 Å². The Labute approximate surface area is 177 Å². The molecule has 1 N–H and O–H groups in total. The van der Waals surface area contributed by atoms with Crippen molar-refractivity contribution in [1.29, 1.82) is 0 Å². The van der Waals surface area contributed by atoms with Gasteiger partial charge in [-0.25, -0.2) is 0 Å². The first kappa shape index (κ1) is 22.0. The number of benzene rings is 1. The highest BCUT2D eigenvalue weighted by Gasteiger charge is 2.23. The minimum absolute atomic E-state index is 0.0898. The lowest BCUT2D eigenvalue weighted by Gasteiger charge is -2.37. The summed E-state index contributed by atoms with van der Waals surface area (Å²) in [6.07, 6.45) is 4.69. The maximum absolute atomic E-state index is 12.6. The summed E-state index contributed by atoms with van der Waals surface area (Å²) in [7, 11) is 1.74. The van der Waals surface area contributed by atoms with Crippen molar-refractivity contribution in [2.24, 2.45) is 4.99 Å². The van der Waals surface area contributed by atoms with Crippen LogP contribution >= 0.6 is 0 Å². The van der Waals surface area contributed by atoms with Crippen molar-refractivity contribution >= 4 is 17.6 Å². The van der Waals surface area contributed by atoms with Crippen LogP contribution in [0.25, 0.3) is 0 Å². The summed E-state index contributed by atoms with van der Waals surface area (Å²) < 4.78 is 0. The second-order valence-corrected chi connectivity index (χ2v) is 7.89. The van der Waals surface area contributed by atoms with Gasteiger partial charge in [0.2, 0.25) is 5.91 Å². The van der Waals surface area contributed by atoms with E-state index in [4.69, 9.17) is 0 Å². The van der Waals surface area contributed by atoms with Gasteiger partial charge in [0, 0.05) is 65.0 Å². The van der Waals surface area contributed by atoms with Crippen LogP contribution in [0.3, 0.4) is 0 Å². The molecule has 0 aliphatic carbocycles. The number of nitrogens with zero attached hydrogens (tertiary/aromatic N) is 5. The maximum atomic E-state index is 12.6. The summed E-state index contributed by atoms with van der Waals surface area (Å²) in [6, 6.07) is 6.62. The summed E-state index contributed by atoms with van der Waals surface area (Å²) in [4.78, 5) is 33.9. The summed E-state index contributed by atoms with van der Waals surface area (Å²) in [5.74, 6) is 1.03. The minimum atomic E-state index is -0.384. The smallest absolute Gasteiger partial charge is 0.269 e. The predicted octanol–water partition coefficient (Wildman–Crippen LogP) is 1.69. The molecule has 0 radical (unpaired) electrons. The number of rotatable bonds is 5. The number of aliphatic imine (C=N–C) groups is 1. The number of likely N-dealkylation sites (tertiary alicyclic amines) is 1. The van der Waals surface area contributed by atoms with E-state index in [1.807, 2.05) is 11.0 Å². The molecular formula is C21H32N6O3. The molecule has 9 nitrogen and oxygen atoms in total. The highest BCUT2D eigenvalue weighted by atomic mass is 16.6. The van der Waals surface area contributed by atoms with Gasteiger partial charge in [-0.3, -0.25) is 24.8 Å². The number of carbonyl (C=O) groups excluding carboxylic acids is 1. The van der Waals surface area contributed by atoms with E-state index < -0.39 is 0 Å². The van der Waals surface area contributed by atoms with Gasteiger partial charge in [-0.05, 0) is 18.4 Å². The molecule has 0 saturated carbocycles. The third-order valence-corrected chi connectivity index (χ3v) is 5.77. The van der Waals surface area contributed by atoms with Gasteiger partial charge in [0.25, 0.3) is 5.69 Å². The van der Waals surface area contributed by atoms with Crippen LogP contribution in [0.4, 0.5) is 5.69 Å². The van der Waals surface area contributed by atoms with Crippen molar-refractivity contribution in [3.8, 4) is 0 Å². The van der Waals surface area contributed by atoms with Crippen LogP contribution in [-0.2, 0) is 11.3 Å². The number of non-ortho nitro benzene ring substituents is 1. The zero-order valence-corrected chi connectivity index (χ0v) is 17.8. The van der Waals surface area contributed by atoms with Gasteiger partial charge in [-0.1, -0.05) is 25.0 Å². The van der Waals surface area contributed by atoms with Crippen LogP contribution in [0.15, 0.2) is 29.3 Å². The fraction of sp³-hybridized carbons (Fsp3) is 0.619. The Morgan fingerprint density at radius 1 is 1.07 bits per heavy atom. The van der Waals surface area contributed by atoms with Crippen molar-refractivity contribution in [2.75, 3.05) is 52.9 Å². The quantitative estimate of drug-likeness (QED) is 0.340. The minimum Gasteiger partial charge on any atom is -0.352 e. The molecule has 1 aromatic rings. The van der Waals surface area contributed by atoms with Crippen molar-refractivity contribution < 1.29 is 9.72 Å². The molecule has 0 aromatic heterocycles. The lowest BCUT2D eigenvalue weighted by Crippen LogP contribution is -2.54. The van der Waals surface area contributed by atoms with Crippen molar-refractivity contribution in [3.05, 3.63) is 39.9 Å². The first-order valence-electron chi connectivity index (χ1n) is 10.8. The summed E-state index contributed by atoms with van der Waals surface area (Å²) in [6.45, 7) is 5.98. The number of hydrogen-bond donors (Lipinski definition) is 1. The van der Waals surface area contributed by atoms with E-state index in [9.17, 15) is 14.9 Å². The molecule has 164 valence electrons. The fourth-order valence-electron chi connectivity index (χ4n) is 4.02. The average molecular weight is 417 g/mol. The fourth-order valence-corrected chi connectivity index (χ4v) is 4.02. The van der Waals surface area contributed by atoms with Crippen LogP contribution in [0.5, 0.6) is 0 Å². The number of amides is 1. The van der Waals surface area contributed by atoms with Crippen LogP contribution in [0.1, 0.15) is 31.2 Å². The number of nitro groups is 1. The van der Waals surface area contributed by atoms with E-state index in [1.54, 1.807) is 19.2 Å². The molecular weight excluding hydrogens is 384 g/mol. The van der Waals surface area contributed by atoms with E-state index in [-0.39, 0.29) is 16.5 Å². The summed E-state index contributed by atoms with van der Waals surface area (Å²) in [5, 5.41) is 14.2. The second kappa shape index (κ2) is 10.9. The molecule has 0 atom stereocenters. The second-order valence-electron chi connectivity index (χ2n) is 7.89. The predicted molar refractivity (Wildman–Crippen MR) is 116 cm³/mol. The van der Waals surface area contributed by atoms with Crippen molar-refractivity contribution in [2.45, 2.75) is 32.2 Å². The molecule has 0 unspecified atom stereocenters. The van der Waals surface area contributed by atoms with Gasteiger partial charge in [0.05, 0.1) is 11.5 Å². The topological polar surface area (TPSA) is 94.3 Å². The summed E-state index contributed by atoms with van der Waals surface area (Å²) in [5.41, 5.74) is 0.930. The van der Waals surface area contributed by atoms with Gasteiger partial charge >= 0.3 is 0 Å². The molecule has 30 heavy (non-hydrogen) atoms. The Hall–Kier alpha value is -2.68. The molecule has 2 fully saturated rings. The molecule has 2 aliphatic rings. The van der Waals surface area contributed by atoms with Gasteiger partial charge in [-0.15, -0.1) is 0 Å². The van der Waals surface area contributed by atoms with Crippen molar-refractivity contribution in [3.63, 3.8) is 0 Å². The van der Waals surface area contributed by atoms with Crippen LogP contribution < -0.4 is 5.32 Å². The molecule has 1 aromatic carbocycles. The van der Waals surface area contributed by atoms with E-state index in [2.05, 4.69) is 20.1 Å². The largest absolute Gasteiger partial charge is 0.352 e. The number of carbonyl (C=O) groups is 1. The normalized spacial score (nSPS) is 18.8. The summed E-state index contributed by atoms with van der Waals surface area (Å²) >= 11 is 0. The molecule has 9 heteroatoms. The Morgan fingerprint density at radius 2 is 1.77 bits per heavy atom. The van der Waals surface area contributed by atoms with Crippen LogP contribution in [-0.4, -0.2) is 84.4 Å². The number of guanidine groups is 1. The Kier molecular flexibility index (Phi) is 8.01. The average Bonchev–Trinajstić information content (AvgIpc) is 3.05. The van der Waals surface area contributed by atoms with Crippen LogP contribution in [0.2, 0.25) is 0 Å². The molecule has 0 spiro atoms. The van der Waals surface area contributed by atoms with Crippen molar-refractivity contribution in [1.82, 2.24) is 20.0 Å². The third-order valence-electron chi connectivity index (χ3n) is 5.77. The van der Waals surface area contributed by atoms with Crippen LogP contribution in [0, 0.1) is 10.1 Å². The maximum Gasteiger partial charge on any atom is 0.269 e. The lowest BCUT2D eigenvalue weighted by atomic mass is 10.2. The van der Waals surface area contributed by atoms with E-state index in [1.165, 1.54) is 18.9 Å². The zero-order chi connectivity index (χ0) is 21.3. The molecule has 1 amide bonds. The highest BCUT2D eigenvalue weighted by Crippen LogP contribution is 2.13. The molecule has 2 heterocycles. The SMILES string of the molecule is CN=C(NCc1cccc([N+](=O)[O-])c1)N1CCN(CC(=O)N2CCCCCC2)CC1.